The third kappa shape index (κ3) is 3.40. The van der Waals surface area contributed by atoms with Crippen molar-refractivity contribution in [3.63, 3.8) is 0 Å². The van der Waals surface area contributed by atoms with Crippen LogP contribution in [0.15, 0.2) is 59.3 Å². The zero-order chi connectivity index (χ0) is 15.4. The topological polar surface area (TPSA) is 21.6 Å². The standard InChI is InChI=1S/C19H18ClNO/c1-14-6-8-15(9-7-14)13-22-21-12-17-11-10-16-4-2-3-5-18(16)19(17)20/h2-9,12H,10-11,13H2,1H3. The van der Waals surface area contributed by atoms with Gasteiger partial charge in [-0.2, -0.15) is 0 Å². The molecule has 2 aromatic carbocycles. The zero-order valence-electron chi connectivity index (χ0n) is 12.6. The number of nitrogens with zero attached hydrogens (tertiary/aromatic N) is 1. The van der Waals surface area contributed by atoms with Crippen LogP contribution in [0, 0.1) is 6.92 Å². The van der Waals surface area contributed by atoms with Crippen molar-refractivity contribution < 1.29 is 4.84 Å². The lowest BCUT2D eigenvalue weighted by Crippen LogP contribution is -2.03. The van der Waals surface area contributed by atoms with Crippen molar-refractivity contribution in [1.29, 1.82) is 0 Å². The van der Waals surface area contributed by atoms with Crippen LogP contribution < -0.4 is 0 Å². The molecule has 0 aliphatic heterocycles. The lowest BCUT2D eigenvalue weighted by molar-refractivity contribution is 0.132. The molecule has 0 radical (unpaired) electrons. The smallest absolute Gasteiger partial charge is 0.142 e. The second-order valence-electron chi connectivity index (χ2n) is 5.49. The van der Waals surface area contributed by atoms with Gasteiger partial charge in [0.15, 0.2) is 0 Å². The quantitative estimate of drug-likeness (QED) is 0.569. The van der Waals surface area contributed by atoms with Gasteiger partial charge in [-0.15, -0.1) is 0 Å². The number of hydrogen-bond donors (Lipinski definition) is 0. The van der Waals surface area contributed by atoms with Crippen molar-refractivity contribution in [2.75, 3.05) is 0 Å². The van der Waals surface area contributed by atoms with Crippen LogP contribution >= 0.6 is 11.6 Å². The molecule has 1 aliphatic carbocycles. The number of aryl methyl sites for hydroxylation is 2. The van der Waals surface area contributed by atoms with Crippen molar-refractivity contribution in [3.8, 4) is 0 Å². The fourth-order valence-corrected chi connectivity index (χ4v) is 2.85. The normalized spacial score (nSPS) is 14.3. The van der Waals surface area contributed by atoms with Gasteiger partial charge < -0.3 is 4.84 Å². The Labute approximate surface area is 136 Å². The van der Waals surface area contributed by atoms with Gasteiger partial charge in [0, 0.05) is 0 Å². The summed E-state index contributed by atoms with van der Waals surface area (Å²) in [6, 6.07) is 16.5. The molecule has 0 heterocycles. The summed E-state index contributed by atoms with van der Waals surface area (Å²) in [6.07, 6.45) is 3.63. The number of benzene rings is 2. The van der Waals surface area contributed by atoms with Gasteiger partial charge in [0.2, 0.25) is 0 Å². The molecule has 0 unspecified atom stereocenters. The molecule has 0 amide bonds. The fraction of sp³-hybridized carbons (Fsp3) is 0.211. The van der Waals surface area contributed by atoms with Gasteiger partial charge in [-0.1, -0.05) is 70.9 Å². The summed E-state index contributed by atoms with van der Waals surface area (Å²) in [6.45, 7) is 2.54. The number of fused-ring (bicyclic) bond motifs is 1. The zero-order valence-corrected chi connectivity index (χ0v) is 13.3. The maximum Gasteiger partial charge on any atom is 0.142 e. The van der Waals surface area contributed by atoms with E-state index in [-0.39, 0.29) is 0 Å². The van der Waals surface area contributed by atoms with Gasteiger partial charge in [-0.25, -0.2) is 0 Å². The van der Waals surface area contributed by atoms with Crippen LogP contribution in [-0.2, 0) is 17.9 Å². The Morgan fingerprint density at radius 1 is 1.09 bits per heavy atom. The van der Waals surface area contributed by atoms with Crippen LogP contribution in [0.1, 0.15) is 28.7 Å². The molecule has 0 saturated carbocycles. The Bertz CT molecular complexity index is 716. The minimum Gasteiger partial charge on any atom is -0.391 e. The van der Waals surface area contributed by atoms with E-state index in [0.717, 1.165) is 34.6 Å². The third-order valence-corrected chi connectivity index (χ3v) is 4.28. The minimum atomic E-state index is 0.471. The van der Waals surface area contributed by atoms with Gasteiger partial charge in [-0.05, 0) is 42.0 Å². The number of hydrogen-bond acceptors (Lipinski definition) is 2. The highest BCUT2D eigenvalue weighted by Crippen LogP contribution is 2.33. The lowest BCUT2D eigenvalue weighted by Gasteiger charge is -2.16. The van der Waals surface area contributed by atoms with Crippen molar-refractivity contribution in [3.05, 3.63) is 76.4 Å². The van der Waals surface area contributed by atoms with Gasteiger partial charge in [0.25, 0.3) is 0 Å². The molecular formula is C19H18ClNO. The van der Waals surface area contributed by atoms with Crippen molar-refractivity contribution in [2.24, 2.45) is 5.16 Å². The molecule has 112 valence electrons. The highest BCUT2D eigenvalue weighted by molar-refractivity contribution is 6.50. The molecule has 2 aromatic rings. The van der Waals surface area contributed by atoms with E-state index in [2.05, 4.69) is 36.3 Å². The molecule has 3 heteroatoms. The van der Waals surface area contributed by atoms with Gasteiger partial charge in [-0.3, -0.25) is 0 Å². The highest BCUT2D eigenvalue weighted by atomic mass is 35.5. The minimum absolute atomic E-state index is 0.471. The molecule has 2 nitrogen and oxygen atoms in total. The van der Waals surface area contributed by atoms with E-state index in [1.54, 1.807) is 6.21 Å². The monoisotopic (exact) mass is 311 g/mol. The summed E-state index contributed by atoms with van der Waals surface area (Å²) in [5.41, 5.74) is 5.78. The van der Waals surface area contributed by atoms with E-state index in [4.69, 9.17) is 16.4 Å². The van der Waals surface area contributed by atoms with Gasteiger partial charge in [0.1, 0.15) is 6.61 Å². The number of allylic oxidation sites excluding steroid dienone is 1. The van der Waals surface area contributed by atoms with Crippen LogP contribution in [0.25, 0.3) is 5.03 Å². The molecule has 1 aliphatic rings. The van der Waals surface area contributed by atoms with E-state index in [1.807, 2.05) is 24.3 Å². The van der Waals surface area contributed by atoms with Gasteiger partial charge >= 0.3 is 0 Å². The molecule has 0 N–H and O–H groups in total. The van der Waals surface area contributed by atoms with E-state index in [1.165, 1.54) is 11.1 Å². The molecule has 3 rings (SSSR count). The first-order valence-corrected chi connectivity index (χ1v) is 7.79. The van der Waals surface area contributed by atoms with Crippen LogP contribution in [0.5, 0.6) is 0 Å². The summed E-state index contributed by atoms with van der Waals surface area (Å²) in [7, 11) is 0. The Hall–Kier alpha value is -2.06. The van der Waals surface area contributed by atoms with E-state index in [9.17, 15) is 0 Å². The van der Waals surface area contributed by atoms with Crippen molar-refractivity contribution >= 4 is 22.8 Å². The first-order valence-electron chi connectivity index (χ1n) is 7.42. The van der Waals surface area contributed by atoms with Crippen molar-refractivity contribution in [1.82, 2.24) is 0 Å². The predicted molar refractivity (Wildman–Crippen MR) is 92.0 cm³/mol. The molecule has 0 aromatic heterocycles. The molecule has 22 heavy (non-hydrogen) atoms. The van der Waals surface area contributed by atoms with Gasteiger partial charge in [0.05, 0.1) is 11.2 Å². The second-order valence-corrected chi connectivity index (χ2v) is 5.87. The summed E-state index contributed by atoms with van der Waals surface area (Å²) in [5.74, 6) is 0. The summed E-state index contributed by atoms with van der Waals surface area (Å²) in [5, 5.41) is 4.85. The predicted octanol–water partition coefficient (Wildman–Crippen LogP) is 5.09. The first-order chi connectivity index (χ1) is 10.7. The second kappa shape index (κ2) is 6.80. The summed E-state index contributed by atoms with van der Waals surface area (Å²) >= 11 is 6.46. The van der Waals surface area contributed by atoms with Crippen LogP contribution in [0.3, 0.4) is 0 Å². The third-order valence-electron chi connectivity index (χ3n) is 3.83. The molecule has 0 spiro atoms. The Morgan fingerprint density at radius 3 is 2.68 bits per heavy atom. The number of rotatable bonds is 4. The Kier molecular flexibility index (Phi) is 4.59. The van der Waals surface area contributed by atoms with E-state index in [0.29, 0.717) is 6.61 Å². The summed E-state index contributed by atoms with van der Waals surface area (Å²) in [4.78, 5) is 5.38. The number of oxime groups is 1. The molecule has 0 bridgehead atoms. The molecule has 0 fully saturated rings. The van der Waals surface area contributed by atoms with Crippen molar-refractivity contribution in [2.45, 2.75) is 26.4 Å². The maximum absolute atomic E-state index is 6.46. The SMILES string of the molecule is Cc1ccc(CON=CC2=C(Cl)c3ccccc3CC2)cc1. The molecular weight excluding hydrogens is 294 g/mol. The highest BCUT2D eigenvalue weighted by Gasteiger charge is 2.15. The average molecular weight is 312 g/mol. The summed E-state index contributed by atoms with van der Waals surface area (Å²) < 4.78 is 0. The van der Waals surface area contributed by atoms with Crippen LogP contribution in [-0.4, -0.2) is 6.21 Å². The Balaban J connectivity index is 1.64. The maximum atomic E-state index is 6.46. The lowest BCUT2D eigenvalue weighted by atomic mass is 9.92. The van der Waals surface area contributed by atoms with E-state index >= 15 is 0 Å². The first kappa shape index (κ1) is 14.9. The van der Waals surface area contributed by atoms with E-state index < -0.39 is 0 Å². The number of halogens is 1. The van der Waals surface area contributed by atoms with Crippen LogP contribution in [0.4, 0.5) is 0 Å². The molecule has 0 saturated heterocycles. The van der Waals surface area contributed by atoms with Crippen LogP contribution in [0.2, 0.25) is 0 Å². The largest absolute Gasteiger partial charge is 0.391 e. The average Bonchev–Trinajstić information content (AvgIpc) is 2.55. The fourth-order valence-electron chi connectivity index (χ4n) is 2.52. The molecule has 0 atom stereocenters. The Morgan fingerprint density at radius 2 is 1.86 bits per heavy atom.